The molecule has 0 aliphatic carbocycles. The first kappa shape index (κ1) is 19.5. The second kappa shape index (κ2) is 10.9. The highest BCUT2D eigenvalue weighted by molar-refractivity contribution is 7.80. The van der Waals surface area contributed by atoms with Gasteiger partial charge in [0.15, 0.2) is 5.11 Å². The molecule has 0 unspecified atom stereocenters. The van der Waals surface area contributed by atoms with Crippen molar-refractivity contribution in [2.45, 2.75) is 6.92 Å². The Balaban J connectivity index is 1.74. The van der Waals surface area contributed by atoms with Gasteiger partial charge in [-0.1, -0.05) is 35.9 Å². The van der Waals surface area contributed by atoms with E-state index in [9.17, 15) is 0 Å². The van der Waals surface area contributed by atoms with Crippen LogP contribution in [0.5, 0.6) is 11.5 Å². The molecule has 0 amide bonds. The van der Waals surface area contributed by atoms with E-state index in [0.29, 0.717) is 24.9 Å². The molecule has 0 aliphatic heterocycles. The third kappa shape index (κ3) is 7.36. The zero-order valence-corrected chi connectivity index (χ0v) is 15.6. The van der Waals surface area contributed by atoms with E-state index >= 15 is 0 Å². The molecule has 2 N–H and O–H groups in total. The summed E-state index contributed by atoms with van der Waals surface area (Å²) in [6.45, 7) is 7.19. The van der Waals surface area contributed by atoms with Crippen molar-refractivity contribution >= 4 is 23.5 Å². The molecule has 2 aromatic rings. The second-order valence-corrected chi connectivity index (χ2v) is 5.86. The number of aryl methyl sites for hydroxylation is 1. The quantitative estimate of drug-likeness (QED) is 0.233. The molecule has 0 heterocycles. The maximum atomic E-state index is 5.72. The molecular weight excluding hydrogens is 346 g/mol. The van der Waals surface area contributed by atoms with Crippen LogP contribution < -0.4 is 20.2 Å². The van der Waals surface area contributed by atoms with Crippen LogP contribution in [0.3, 0.4) is 0 Å². The maximum absolute atomic E-state index is 5.72. The molecule has 0 aliphatic rings. The van der Waals surface area contributed by atoms with E-state index in [1.165, 1.54) is 5.56 Å². The predicted octanol–water partition coefficient (Wildman–Crippen LogP) is 3.44. The molecule has 136 valence electrons. The Kier molecular flexibility index (Phi) is 8.15. The van der Waals surface area contributed by atoms with E-state index in [1.54, 1.807) is 12.3 Å². The molecule has 26 heavy (non-hydrogen) atoms. The third-order valence-electron chi connectivity index (χ3n) is 3.29. The van der Waals surface area contributed by atoms with E-state index < -0.39 is 0 Å². The van der Waals surface area contributed by atoms with Gasteiger partial charge < -0.3 is 14.8 Å². The number of benzene rings is 2. The lowest BCUT2D eigenvalue weighted by molar-refractivity contribution is 0.217. The summed E-state index contributed by atoms with van der Waals surface area (Å²) in [5.74, 6) is 1.60. The minimum absolute atomic E-state index is 0.446. The Morgan fingerprint density at radius 3 is 2.58 bits per heavy atom. The minimum atomic E-state index is 0.446. The Morgan fingerprint density at radius 2 is 1.85 bits per heavy atom. The monoisotopic (exact) mass is 369 g/mol. The zero-order valence-electron chi connectivity index (χ0n) is 14.8. The number of hydrogen-bond acceptors (Lipinski definition) is 4. The topological polar surface area (TPSA) is 54.9 Å². The highest BCUT2D eigenvalue weighted by Gasteiger charge is 1.97. The summed E-state index contributed by atoms with van der Waals surface area (Å²) in [7, 11) is 0. The summed E-state index contributed by atoms with van der Waals surface area (Å²) in [4.78, 5) is 0. The van der Waals surface area contributed by atoms with Crippen LogP contribution in [-0.2, 0) is 0 Å². The third-order valence-corrected chi connectivity index (χ3v) is 3.52. The first-order valence-electron chi connectivity index (χ1n) is 8.27. The van der Waals surface area contributed by atoms with Crippen molar-refractivity contribution in [3.63, 3.8) is 0 Å². The molecule has 0 spiro atoms. The van der Waals surface area contributed by atoms with Crippen molar-refractivity contribution in [3.8, 4) is 11.5 Å². The smallest absolute Gasteiger partial charge is 0.187 e. The van der Waals surface area contributed by atoms with Gasteiger partial charge in [-0.15, -0.1) is 6.58 Å². The van der Waals surface area contributed by atoms with Crippen LogP contribution in [0.25, 0.3) is 0 Å². The first-order valence-corrected chi connectivity index (χ1v) is 8.68. The average Bonchev–Trinajstić information content (AvgIpc) is 2.65. The summed E-state index contributed by atoms with van der Waals surface area (Å²) in [5.41, 5.74) is 4.85. The Labute approximate surface area is 159 Å². The number of hydrogen-bond donors (Lipinski definition) is 2. The van der Waals surface area contributed by atoms with Crippen LogP contribution >= 0.6 is 12.2 Å². The van der Waals surface area contributed by atoms with Gasteiger partial charge in [-0.2, -0.15) is 5.10 Å². The summed E-state index contributed by atoms with van der Waals surface area (Å²) in [6.07, 6.45) is 3.40. The predicted molar refractivity (Wildman–Crippen MR) is 110 cm³/mol. The Morgan fingerprint density at radius 1 is 1.12 bits per heavy atom. The van der Waals surface area contributed by atoms with Gasteiger partial charge in [0.2, 0.25) is 0 Å². The molecule has 0 saturated carbocycles. The average molecular weight is 369 g/mol. The summed E-state index contributed by atoms with van der Waals surface area (Å²) < 4.78 is 11.4. The molecular formula is C20H23N3O2S. The van der Waals surface area contributed by atoms with Crippen LogP contribution in [0.4, 0.5) is 0 Å². The number of rotatable bonds is 9. The Hall–Kier alpha value is -2.86. The number of nitrogens with zero attached hydrogens (tertiary/aromatic N) is 1. The summed E-state index contributed by atoms with van der Waals surface area (Å²) in [6, 6.07) is 15.6. The van der Waals surface area contributed by atoms with Gasteiger partial charge in [-0.25, -0.2) is 0 Å². The van der Waals surface area contributed by atoms with Gasteiger partial charge in [-0.3, -0.25) is 5.43 Å². The molecule has 0 bridgehead atoms. The molecule has 6 heteroatoms. The fraction of sp³-hybridized carbons (Fsp3) is 0.200. The molecule has 2 rings (SSSR count). The van der Waals surface area contributed by atoms with E-state index in [-0.39, 0.29) is 0 Å². The van der Waals surface area contributed by atoms with Gasteiger partial charge in [0.05, 0.1) is 6.21 Å². The number of hydrazone groups is 1. The molecule has 0 fully saturated rings. The van der Waals surface area contributed by atoms with Crippen LogP contribution in [-0.4, -0.2) is 31.1 Å². The van der Waals surface area contributed by atoms with E-state index in [2.05, 4.69) is 22.4 Å². The van der Waals surface area contributed by atoms with Gasteiger partial charge in [0.25, 0.3) is 0 Å². The normalized spacial score (nSPS) is 10.3. The van der Waals surface area contributed by atoms with E-state index in [4.69, 9.17) is 21.7 Å². The zero-order chi connectivity index (χ0) is 18.6. The maximum Gasteiger partial charge on any atom is 0.187 e. The lowest BCUT2D eigenvalue weighted by Crippen LogP contribution is -2.31. The van der Waals surface area contributed by atoms with Gasteiger partial charge in [-0.05, 0) is 49.0 Å². The van der Waals surface area contributed by atoms with Crippen LogP contribution in [0, 0.1) is 6.92 Å². The van der Waals surface area contributed by atoms with Gasteiger partial charge >= 0.3 is 0 Å². The lowest BCUT2D eigenvalue weighted by Gasteiger charge is -2.09. The minimum Gasteiger partial charge on any atom is -0.490 e. The van der Waals surface area contributed by atoms with Crippen LogP contribution in [0.15, 0.2) is 66.3 Å². The van der Waals surface area contributed by atoms with Crippen molar-refractivity contribution in [1.82, 2.24) is 10.7 Å². The van der Waals surface area contributed by atoms with Crippen LogP contribution in [0.1, 0.15) is 11.1 Å². The van der Waals surface area contributed by atoms with Gasteiger partial charge in [0.1, 0.15) is 24.7 Å². The van der Waals surface area contributed by atoms with Crippen molar-refractivity contribution in [2.24, 2.45) is 5.10 Å². The SMILES string of the molecule is C=CCNC(=S)N/N=C/c1cccc(OCCOc2ccc(C)cc2)c1. The molecule has 2 aromatic carbocycles. The number of nitrogens with one attached hydrogen (secondary N) is 2. The number of thiocarbonyl (C=S) groups is 1. The summed E-state index contributed by atoms with van der Waals surface area (Å²) in [5, 5.41) is 7.46. The molecule has 0 radical (unpaired) electrons. The standard InChI is InChI=1S/C20H23N3O2S/c1-3-11-21-20(26)23-22-15-17-5-4-6-19(14-17)25-13-12-24-18-9-7-16(2)8-10-18/h3-10,14-15H,1,11-13H2,2H3,(H2,21,23,26)/b22-15+. The van der Waals surface area contributed by atoms with Crippen molar-refractivity contribution < 1.29 is 9.47 Å². The molecule has 0 aromatic heterocycles. The fourth-order valence-corrected chi connectivity index (χ4v) is 2.14. The van der Waals surface area contributed by atoms with Crippen molar-refractivity contribution in [1.29, 1.82) is 0 Å². The Bertz CT molecular complexity index is 745. The second-order valence-electron chi connectivity index (χ2n) is 5.45. The lowest BCUT2D eigenvalue weighted by atomic mass is 10.2. The molecule has 5 nitrogen and oxygen atoms in total. The summed E-state index contributed by atoms with van der Waals surface area (Å²) >= 11 is 5.06. The van der Waals surface area contributed by atoms with E-state index in [0.717, 1.165) is 17.1 Å². The fourth-order valence-electron chi connectivity index (χ4n) is 2.01. The highest BCUT2D eigenvalue weighted by Crippen LogP contribution is 2.13. The van der Waals surface area contributed by atoms with Crippen molar-refractivity contribution in [3.05, 3.63) is 72.3 Å². The van der Waals surface area contributed by atoms with Crippen LogP contribution in [0.2, 0.25) is 0 Å². The number of ether oxygens (including phenoxy) is 2. The molecule has 0 saturated heterocycles. The van der Waals surface area contributed by atoms with Gasteiger partial charge in [0, 0.05) is 6.54 Å². The first-order chi connectivity index (χ1) is 12.7. The van der Waals surface area contributed by atoms with E-state index in [1.807, 2.05) is 55.5 Å². The highest BCUT2D eigenvalue weighted by atomic mass is 32.1. The largest absolute Gasteiger partial charge is 0.490 e. The van der Waals surface area contributed by atoms with Crippen molar-refractivity contribution in [2.75, 3.05) is 19.8 Å². The molecule has 0 atom stereocenters.